The van der Waals surface area contributed by atoms with Crippen LogP contribution in [0, 0.1) is 0 Å². The summed E-state index contributed by atoms with van der Waals surface area (Å²) in [5, 5.41) is 5.64. The predicted octanol–water partition coefficient (Wildman–Crippen LogP) is 1.84. The highest BCUT2D eigenvalue weighted by atomic mass is 16.2. The van der Waals surface area contributed by atoms with E-state index in [1.165, 1.54) is 0 Å². The standard InChI is InChI=1S/C15H18N4O2/c1-2-3-8-16-14(21)12-9-13(20)18-15-17-10-6-4-5-7-11(10)19(12)15/h4-7,12H,2-3,8-9H2,1H3,(H,16,21)(H,17,18,20). The molecule has 110 valence electrons. The maximum Gasteiger partial charge on any atom is 0.243 e. The minimum absolute atomic E-state index is 0.122. The first kappa shape index (κ1) is 13.6. The molecule has 2 heterocycles. The average molecular weight is 286 g/mol. The fourth-order valence-corrected chi connectivity index (χ4v) is 2.61. The Hall–Kier alpha value is -2.37. The highest BCUT2D eigenvalue weighted by molar-refractivity contribution is 5.99. The molecule has 1 aliphatic heterocycles. The van der Waals surface area contributed by atoms with Crippen LogP contribution < -0.4 is 10.6 Å². The minimum atomic E-state index is -0.530. The maximum atomic E-state index is 12.4. The molecule has 2 aromatic rings. The monoisotopic (exact) mass is 286 g/mol. The van der Waals surface area contributed by atoms with E-state index in [-0.39, 0.29) is 18.2 Å². The van der Waals surface area contributed by atoms with Crippen LogP contribution in [-0.4, -0.2) is 27.9 Å². The Labute approximate surface area is 122 Å². The molecule has 1 atom stereocenters. The number of unbranched alkanes of at least 4 members (excludes halogenated alkanes) is 1. The molecule has 0 saturated heterocycles. The van der Waals surface area contributed by atoms with Crippen molar-refractivity contribution in [3.8, 4) is 0 Å². The minimum Gasteiger partial charge on any atom is -0.354 e. The molecule has 0 fully saturated rings. The number of fused-ring (bicyclic) bond motifs is 3. The summed E-state index contributed by atoms with van der Waals surface area (Å²) in [5.41, 5.74) is 1.64. The third-order valence-corrected chi connectivity index (χ3v) is 3.67. The van der Waals surface area contributed by atoms with Crippen molar-refractivity contribution >= 4 is 28.8 Å². The van der Waals surface area contributed by atoms with Gasteiger partial charge in [-0.05, 0) is 18.6 Å². The van der Waals surface area contributed by atoms with Gasteiger partial charge in [0.25, 0.3) is 0 Å². The molecule has 0 radical (unpaired) electrons. The van der Waals surface area contributed by atoms with Crippen LogP contribution in [-0.2, 0) is 9.59 Å². The van der Waals surface area contributed by atoms with E-state index in [0.29, 0.717) is 12.5 Å². The molecule has 3 rings (SSSR count). The number of carbonyl (C=O) groups is 2. The van der Waals surface area contributed by atoms with Gasteiger partial charge in [-0.3, -0.25) is 19.5 Å². The molecule has 2 N–H and O–H groups in total. The lowest BCUT2D eigenvalue weighted by atomic mass is 10.1. The molecule has 21 heavy (non-hydrogen) atoms. The van der Waals surface area contributed by atoms with Gasteiger partial charge in [0.2, 0.25) is 17.8 Å². The number of benzene rings is 1. The van der Waals surface area contributed by atoms with E-state index in [1.54, 1.807) is 0 Å². The predicted molar refractivity (Wildman–Crippen MR) is 79.9 cm³/mol. The molecule has 1 aromatic heterocycles. The van der Waals surface area contributed by atoms with Gasteiger partial charge in [-0.25, -0.2) is 4.98 Å². The number of para-hydroxylation sites is 2. The van der Waals surface area contributed by atoms with Gasteiger partial charge in [0.05, 0.1) is 17.5 Å². The summed E-state index contributed by atoms with van der Waals surface area (Å²) in [6.45, 7) is 2.71. The number of hydrogen-bond donors (Lipinski definition) is 2. The number of nitrogens with one attached hydrogen (secondary N) is 2. The van der Waals surface area contributed by atoms with Gasteiger partial charge in [-0.2, -0.15) is 0 Å². The lowest BCUT2D eigenvalue weighted by molar-refractivity contribution is -0.128. The van der Waals surface area contributed by atoms with Crippen LogP contribution in [0.25, 0.3) is 11.0 Å². The number of imidazole rings is 1. The second-order valence-corrected chi connectivity index (χ2v) is 5.21. The molecular weight excluding hydrogens is 268 g/mol. The Morgan fingerprint density at radius 1 is 1.48 bits per heavy atom. The largest absolute Gasteiger partial charge is 0.354 e. The van der Waals surface area contributed by atoms with Gasteiger partial charge in [-0.15, -0.1) is 0 Å². The van der Waals surface area contributed by atoms with Gasteiger partial charge in [0.1, 0.15) is 6.04 Å². The number of amides is 2. The molecule has 2 amide bonds. The summed E-state index contributed by atoms with van der Waals surface area (Å²) in [6.07, 6.45) is 2.10. The zero-order valence-corrected chi connectivity index (χ0v) is 11.9. The molecular formula is C15H18N4O2. The van der Waals surface area contributed by atoms with E-state index in [1.807, 2.05) is 28.8 Å². The third kappa shape index (κ3) is 2.49. The van der Waals surface area contributed by atoms with Gasteiger partial charge in [0, 0.05) is 6.54 Å². The van der Waals surface area contributed by atoms with E-state index in [9.17, 15) is 9.59 Å². The zero-order valence-electron chi connectivity index (χ0n) is 11.9. The first-order valence-electron chi connectivity index (χ1n) is 7.25. The molecule has 0 aliphatic carbocycles. The van der Waals surface area contributed by atoms with Gasteiger partial charge >= 0.3 is 0 Å². The molecule has 0 bridgehead atoms. The lowest BCUT2D eigenvalue weighted by Crippen LogP contribution is -2.39. The van der Waals surface area contributed by atoms with Crippen molar-refractivity contribution in [2.75, 3.05) is 11.9 Å². The zero-order chi connectivity index (χ0) is 14.8. The first-order valence-corrected chi connectivity index (χ1v) is 7.25. The van der Waals surface area contributed by atoms with Crippen molar-refractivity contribution in [3.05, 3.63) is 24.3 Å². The first-order chi connectivity index (χ1) is 10.2. The molecule has 6 heteroatoms. The summed E-state index contributed by atoms with van der Waals surface area (Å²) < 4.78 is 1.82. The van der Waals surface area contributed by atoms with Crippen LogP contribution in [0.5, 0.6) is 0 Å². The van der Waals surface area contributed by atoms with E-state index >= 15 is 0 Å². The number of aromatic nitrogens is 2. The van der Waals surface area contributed by atoms with Crippen molar-refractivity contribution in [2.45, 2.75) is 32.2 Å². The fraction of sp³-hybridized carbons (Fsp3) is 0.400. The van der Waals surface area contributed by atoms with Crippen molar-refractivity contribution in [2.24, 2.45) is 0 Å². The SMILES string of the molecule is CCCCNC(=O)C1CC(=O)Nc2nc3ccccc3n21. The number of carbonyl (C=O) groups excluding carboxylic acids is 2. The number of rotatable bonds is 4. The number of nitrogens with zero attached hydrogens (tertiary/aromatic N) is 2. The quantitative estimate of drug-likeness (QED) is 0.842. The Morgan fingerprint density at radius 3 is 3.10 bits per heavy atom. The van der Waals surface area contributed by atoms with Crippen LogP contribution in [0.2, 0.25) is 0 Å². The molecule has 1 aromatic carbocycles. The Morgan fingerprint density at radius 2 is 2.29 bits per heavy atom. The summed E-state index contributed by atoms with van der Waals surface area (Å²) in [5.74, 6) is 0.152. The van der Waals surface area contributed by atoms with E-state index in [2.05, 4.69) is 22.5 Å². The molecule has 1 unspecified atom stereocenters. The third-order valence-electron chi connectivity index (χ3n) is 3.67. The Balaban J connectivity index is 1.96. The summed E-state index contributed by atoms with van der Waals surface area (Å²) >= 11 is 0. The normalized spacial score (nSPS) is 17.4. The molecule has 0 spiro atoms. The van der Waals surface area contributed by atoms with E-state index in [0.717, 1.165) is 23.9 Å². The van der Waals surface area contributed by atoms with Crippen molar-refractivity contribution < 1.29 is 9.59 Å². The van der Waals surface area contributed by atoms with Gasteiger partial charge < -0.3 is 5.32 Å². The Kier molecular flexibility index (Phi) is 3.60. The molecule has 0 saturated carbocycles. The number of hydrogen-bond acceptors (Lipinski definition) is 3. The second-order valence-electron chi connectivity index (χ2n) is 5.21. The smallest absolute Gasteiger partial charge is 0.243 e. The maximum absolute atomic E-state index is 12.4. The van der Waals surface area contributed by atoms with Crippen molar-refractivity contribution in [3.63, 3.8) is 0 Å². The summed E-state index contributed by atoms with van der Waals surface area (Å²) in [7, 11) is 0. The van der Waals surface area contributed by atoms with Crippen molar-refractivity contribution in [1.82, 2.24) is 14.9 Å². The lowest BCUT2D eigenvalue weighted by Gasteiger charge is -2.24. The summed E-state index contributed by atoms with van der Waals surface area (Å²) in [4.78, 5) is 28.6. The van der Waals surface area contributed by atoms with Crippen LogP contribution in [0.15, 0.2) is 24.3 Å². The highest BCUT2D eigenvalue weighted by Gasteiger charge is 2.32. The van der Waals surface area contributed by atoms with Crippen LogP contribution in [0.4, 0.5) is 5.95 Å². The molecule has 1 aliphatic rings. The fourth-order valence-electron chi connectivity index (χ4n) is 2.61. The van der Waals surface area contributed by atoms with E-state index in [4.69, 9.17) is 0 Å². The topological polar surface area (TPSA) is 76.0 Å². The second kappa shape index (κ2) is 5.55. The highest BCUT2D eigenvalue weighted by Crippen LogP contribution is 2.30. The van der Waals surface area contributed by atoms with Gasteiger partial charge in [-0.1, -0.05) is 25.5 Å². The Bertz CT molecular complexity index is 692. The van der Waals surface area contributed by atoms with Crippen molar-refractivity contribution in [1.29, 1.82) is 0 Å². The van der Waals surface area contributed by atoms with Crippen LogP contribution >= 0.6 is 0 Å². The number of anilines is 1. The summed E-state index contributed by atoms with van der Waals surface area (Å²) in [6, 6.07) is 7.05. The van der Waals surface area contributed by atoms with Crippen LogP contribution in [0.1, 0.15) is 32.2 Å². The van der Waals surface area contributed by atoms with Gasteiger partial charge in [0.15, 0.2) is 0 Å². The molecule has 6 nitrogen and oxygen atoms in total. The van der Waals surface area contributed by atoms with Crippen LogP contribution in [0.3, 0.4) is 0 Å². The average Bonchev–Trinajstić information content (AvgIpc) is 2.84. The van der Waals surface area contributed by atoms with E-state index < -0.39 is 6.04 Å².